The van der Waals surface area contributed by atoms with E-state index in [-0.39, 0.29) is 29.8 Å². The quantitative estimate of drug-likeness (QED) is 0.674. The monoisotopic (exact) mass is 423 g/mol. The second-order valence-electron chi connectivity index (χ2n) is 7.71. The van der Waals surface area contributed by atoms with Gasteiger partial charge in [-0.25, -0.2) is 4.98 Å². The molecule has 0 N–H and O–H groups in total. The van der Waals surface area contributed by atoms with E-state index in [0.717, 1.165) is 11.3 Å². The molecule has 8 nitrogen and oxygen atoms in total. The van der Waals surface area contributed by atoms with Crippen LogP contribution in [0.25, 0.3) is 0 Å². The molecular formula is C23H29N5O3. The van der Waals surface area contributed by atoms with Crippen molar-refractivity contribution in [3.63, 3.8) is 0 Å². The maximum absolute atomic E-state index is 13.0. The number of benzene rings is 1. The molecule has 3 amide bonds. The Kier molecular flexibility index (Phi) is 7.70. The van der Waals surface area contributed by atoms with Crippen LogP contribution in [-0.4, -0.2) is 81.7 Å². The zero-order valence-corrected chi connectivity index (χ0v) is 18.2. The van der Waals surface area contributed by atoms with Crippen LogP contribution >= 0.6 is 0 Å². The van der Waals surface area contributed by atoms with Crippen molar-refractivity contribution in [3.05, 3.63) is 59.7 Å². The maximum atomic E-state index is 13.0. The van der Waals surface area contributed by atoms with Gasteiger partial charge in [0, 0.05) is 58.8 Å². The number of nitrogens with zero attached hydrogens (tertiary/aromatic N) is 5. The summed E-state index contributed by atoms with van der Waals surface area (Å²) in [6.07, 6.45) is 3.98. The van der Waals surface area contributed by atoms with Crippen molar-refractivity contribution >= 4 is 17.7 Å². The van der Waals surface area contributed by atoms with Crippen molar-refractivity contribution in [2.45, 2.75) is 26.7 Å². The summed E-state index contributed by atoms with van der Waals surface area (Å²) < 4.78 is 0. The first kappa shape index (κ1) is 22.4. The van der Waals surface area contributed by atoms with Crippen molar-refractivity contribution in [2.24, 2.45) is 0 Å². The fourth-order valence-electron chi connectivity index (χ4n) is 3.55. The van der Waals surface area contributed by atoms with E-state index in [1.165, 1.54) is 6.20 Å². The highest BCUT2D eigenvalue weighted by molar-refractivity contribution is 5.92. The first-order valence-corrected chi connectivity index (χ1v) is 10.6. The van der Waals surface area contributed by atoms with Gasteiger partial charge in [-0.1, -0.05) is 30.3 Å². The number of aryl methyl sites for hydroxylation is 1. The number of aromatic nitrogens is 2. The molecule has 1 fully saturated rings. The van der Waals surface area contributed by atoms with Crippen LogP contribution in [0.4, 0.5) is 0 Å². The van der Waals surface area contributed by atoms with E-state index >= 15 is 0 Å². The van der Waals surface area contributed by atoms with Gasteiger partial charge in [0.05, 0.1) is 11.9 Å². The van der Waals surface area contributed by atoms with Crippen LogP contribution in [0.15, 0.2) is 42.7 Å². The van der Waals surface area contributed by atoms with Crippen molar-refractivity contribution in [1.82, 2.24) is 24.7 Å². The van der Waals surface area contributed by atoms with E-state index in [1.807, 2.05) is 37.3 Å². The minimum absolute atomic E-state index is 0.00398. The lowest BCUT2D eigenvalue weighted by Crippen LogP contribution is -2.50. The lowest BCUT2D eigenvalue weighted by molar-refractivity contribution is -0.138. The number of rotatable bonds is 7. The lowest BCUT2D eigenvalue weighted by atomic mass is 10.1. The second kappa shape index (κ2) is 10.7. The minimum Gasteiger partial charge on any atom is -0.339 e. The van der Waals surface area contributed by atoms with Crippen LogP contribution in [0, 0.1) is 6.92 Å². The molecule has 1 aromatic heterocycles. The first-order valence-electron chi connectivity index (χ1n) is 10.6. The van der Waals surface area contributed by atoms with Crippen molar-refractivity contribution in [3.8, 4) is 0 Å². The molecule has 2 heterocycles. The Morgan fingerprint density at radius 1 is 0.935 bits per heavy atom. The van der Waals surface area contributed by atoms with Crippen LogP contribution < -0.4 is 0 Å². The highest BCUT2D eigenvalue weighted by Crippen LogP contribution is 2.09. The summed E-state index contributed by atoms with van der Waals surface area (Å²) in [5.74, 6) is -0.197. The van der Waals surface area contributed by atoms with E-state index in [4.69, 9.17) is 0 Å². The maximum Gasteiger partial charge on any atom is 0.274 e. The van der Waals surface area contributed by atoms with E-state index in [1.54, 1.807) is 27.8 Å². The molecule has 3 rings (SSSR count). The smallest absolute Gasteiger partial charge is 0.274 e. The Labute approximate surface area is 182 Å². The Bertz CT molecular complexity index is 893. The summed E-state index contributed by atoms with van der Waals surface area (Å²) in [6.45, 7) is 6.32. The molecule has 0 aliphatic carbocycles. The Balaban J connectivity index is 1.61. The molecule has 0 radical (unpaired) electrons. The van der Waals surface area contributed by atoms with Crippen LogP contribution in [0.3, 0.4) is 0 Å². The molecule has 0 spiro atoms. The number of carbonyl (C=O) groups is 3. The largest absolute Gasteiger partial charge is 0.339 e. The minimum atomic E-state index is -0.224. The normalized spacial score (nSPS) is 13.7. The van der Waals surface area contributed by atoms with Gasteiger partial charge in [0.2, 0.25) is 11.8 Å². The number of piperazine rings is 1. The molecule has 164 valence electrons. The highest BCUT2D eigenvalue weighted by atomic mass is 16.2. The predicted molar refractivity (Wildman–Crippen MR) is 116 cm³/mol. The van der Waals surface area contributed by atoms with Crippen molar-refractivity contribution < 1.29 is 14.4 Å². The average Bonchev–Trinajstić information content (AvgIpc) is 2.79. The van der Waals surface area contributed by atoms with Gasteiger partial charge in [-0.15, -0.1) is 0 Å². The molecule has 1 aliphatic heterocycles. The summed E-state index contributed by atoms with van der Waals surface area (Å²) in [5, 5.41) is 0. The molecule has 0 unspecified atom stereocenters. The number of hydrogen-bond donors (Lipinski definition) is 0. The van der Waals surface area contributed by atoms with Gasteiger partial charge in [-0.05, 0) is 18.9 Å². The summed E-state index contributed by atoms with van der Waals surface area (Å²) in [4.78, 5) is 50.8. The number of carbonyl (C=O) groups excluding carboxylic acids is 3. The van der Waals surface area contributed by atoms with Gasteiger partial charge in [-0.2, -0.15) is 0 Å². The zero-order valence-electron chi connectivity index (χ0n) is 18.2. The number of hydrogen-bond acceptors (Lipinski definition) is 5. The molecule has 8 heteroatoms. The van der Waals surface area contributed by atoms with Gasteiger partial charge in [0.15, 0.2) is 0 Å². The van der Waals surface area contributed by atoms with Crippen LogP contribution in [0.1, 0.15) is 35.1 Å². The van der Waals surface area contributed by atoms with Gasteiger partial charge in [0.25, 0.3) is 5.91 Å². The second-order valence-corrected chi connectivity index (χ2v) is 7.71. The van der Waals surface area contributed by atoms with Crippen LogP contribution in [0.5, 0.6) is 0 Å². The average molecular weight is 424 g/mol. The third-order valence-electron chi connectivity index (χ3n) is 5.47. The first-order chi connectivity index (χ1) is 14.9. The van der Waals surface area contributed by atoms with Gasteiger partial charge < -0.3 is 14.7 Å². The van der Waals surface area contributed by atoms with E-state index in [2.05, 4.69) is 9.97 Å². The molecule has 31 heavy (non-hydrogen) atoms. The molecule has 1 saturated heterocycles. The van der Waals surface area contributed by atoms with Gasteiger partial charge >= 0.3 is 0 Å². The van der Waals surface area contributed by atoms with Gasteiger partial charge in [0.1, 0.15) is 5.69 Å². The zero-order chi connectivity index (χ0) is 22.2. The summed E-state index contributed by atoms with van der Waals surface area (Å²) >= 11 is 0. The Morgan fingerprint density at radius 2 is 1.61 bits per heavy atom. The predicted octanol–water partition coefficient (Wildman–Crippen LogP) is 1.55. The molecule has 0 saturated carbocycles. The molecule has 1 aliphatic rings. The number of amides is 3. The molecule has 1 aromatic carbocycles. The van der Waals surface area contributed by atoms with E-state index < -0.39 is 0 Å². The standard InChI is InChI=1S/C23H29N5O3/c1-18-16-25-21(17-24-18)23(31)28(10-8-20-6-4-3-5-7-20)11-9-22(30)27-14-12-26(13-15-27)19(2)29/h3-7,16-17H,8-15H2,1-2H3. The molecule has 2 aromatic rings. The van der Waals surface area contributed by atoms with E-state index in [9.17, 15) is 14.4 Å². The van der Waals surface area contributed by atoms with Crippen molar-refractivity contribution in [2.75, 3.05) is 39.3 Å². The van der Waals surface area contributed by atoms with Crippen LogP contribution in [0.2, 0.25) is 0 Å². The summed E-state index contributed by atoms with van der Waals surface area (Å²) in [5.41, 5.74) is 2.15. The third-order valence-corrected chi connectivity index (χ3v) is 5.47. The third kappa shape index (κ3) is 6.34. The van der Waals surface area contributed by atoms with Crippen LogP contribution in [-0.2, 0) is 16.0 Å². The van der Waals surface area contributed by atoms with Crippen molar-refractivity contribution in [1.29, 1.82) is 0 Å². The fraction of sp³-hybridized carbons (Fsp3) is 0.435. The molecule has 0 bridgehead atoms. The summed E-state index contributed by atoms with van der Waals surface area (Å²) in [6, 6.07) is 9.94. The lowest BCUT2D eigenvalue weighted by Gasteiger charge is -2.34. The molecule has 0 atom stereocenters. The van der Waals surface area contributed by atoms with Gasteiger partial charge in [-0.3, -0.25) is 19.4 Å². The summed E-state index contributed by atoms with van der Waals surface area (Å²) in [7, 11) is 0. The van der Waals surface area contributed by atoms with E-state index in [0.29, 0.717) is 45.7 Å². The Morgan fingerprint density at radius 3 is 2.23 bits per heavy atom. The topological polar surface area (TPSA) is 86.7 Å². The molecular weight excluding hydrogens is 394 g/mol. The Hall–Kier alpha value is -3.29. The highest BCUT2D eigenvalue weighted by Gasteiger charge is 2.24. The fourth-order valence-corrected chi connectivity index (χ4v) is 3.55. The SMILES string of the molecule is CC(=O)N1CCN(C(=O)CCN(CCc2ccccc2)C(=O)c2cnc(C)cn2)CC1.